The Hall–Kier alpha value is -2.54. The van der Waals surface area contributed by atoms with Crippen LogP contribution in [-0.2, 0) is 0 Å². The van der Waals surface area contributed by atoms with E-state index in [1.807, 2.05) is 12.1 Å². The zero-order valence-electron chi connectivity index (χ0n) is 12.6. The molecular formula is C21H18O. The number of hydrogen-bond donors (Lipinski definition) is 0. The topological polar surface area (TPSA) is 9.23 Å². The van der Waals surface area contributed by atoms with Gasteiger partial charge in [-0.15, -0.1) is 0 Å². The lowest BCUT2D eigenvalue weighted by molar-refractivity contribution is 0.414. The molecule has 22 heavy (non-hydrogen) atoms. The van der Waals surface area contributed by atoms with E-state index in [4.69, 9.17) is 4.74 Å². The Bertz CT molecular complexity index is 843. The monoisotopic (exact) mass is 286 g/mol. The highest BCUT2D eigenvalue weighted by Crippen LogP contribution is 2.38. The van der Waals surface area contributed by atoms with Gasteiger partial charge >= 0.3 is 0 Å². The summed E-state index contributed by atoms with van der Waals surface area (Å²) in [5, 5.41) is 2.65. The van der Waals surface area contributed by atoms with E-state index in [0.717, 1.165) is 12.2 Å². The van der Waals surface area contributed by atoms with Gasteiger partial charge < -0.3 is 4.74 Å². The molecule has 3 aromatic carbocycles. The summed E-state index contributed by atoms with van der Waals surface area (Å²) in [6, 6.07) is 21.6. The van der Waals surface area contributed by atoms with Crippen molar-refractivity contribution in [1.29, 1.82) is 0 Å². The van der Waals surface area contributed by atoms with Crippen LogP contribution in [0.1, 0.15) is 29.0 Å². The fourth-order valence-corrected chi connectivity index (χ4v) is 3.40. The Morgan fingerprint density at radius 2 is 1.73 bits per heavy atom. The molecule has 1 aliphatic rings. The molecular weight excluding hydrogens is 268 g/mol. The largest absolute Gasteiger partial charge is 0.497 e. The Labute approximate surface area is 130 Å². The molecule has 0 aliphatic heterocycles. The molecule has 4 rings (SSSR count). The van der Waals surface area contributed by atoms with Crippen molar-refractivity contribution < 1.29 is 4.74 Å². The van der Waals surface area contributed by atoms with Crippen LogP contribution in [0.5, 0.6) is 5.75 Å². The maximum Gasteiger partial charge on any atom is 0.118 e. The van der Waals surface area contributed by atoms with Crippen molar-refractivity contribution in [3.8, 4) is 5.75 Å². The second kappa shape index (κ2) is 5.34. The third-order valence-electron chi connectivity index (χ3n) is 4.55. The Morgan fingerprint density at radius 1 is 0.909 bits per heavy atom. The van der Waals surface area contributed by atoms with Gasteiger partial charge in [0, 0.05) is 5.92 Å². The molecule has 0 heterocycles. The van der Waals surface area contributed by atoms with Crippen LogP contribution in [0.25, 0.3) is 16.8 Å². The lowest BCUT2D eigenvalue weighted by atomic mass is 9.80. The molecule has 1 nitrogen and oxygen atoms in total. The summed E-state index contributed by atoms with van der Waals surface area (Å²) in [6.45, 7) is 0. The van der Waals surface area contributed by atoms with Gasteiger partial charge in [-0.05, 0) is 46.0 Å². The van der Waals surface area contributed by atoms with Gasteiger partial charge in [0.1, 0.15) is 5.75 Å². The van der Waals surface area contributed by atoms with Gasteiger partial charge in [0.15, 0.2) is 0 Å². The summed E-state index contributed by atoms with van der Waals surface area (Å²) in [5.41, 5.74) is 4.14. The highest BCUT2D eigenvalue weighted by Gasteiger charge is 2.20. The molecule has 1 atom stereocenters. The van der Waals surface area contributed by atoms with E-state index in [-0.39, 0.29) is 0 Å². The summed E-state index contributed by atoms with van der Waals surface area (Å²) < 4.78 is 5.27. The van der Waals surface area contributed by atoms with Crippen molar-refractivity contribution in [2.75, 3.05) is 7.11 Å². The van der Waals surface area contributed by atoms with Gasteiger partial charge in [0.25, 0.3) is 0 Å². The van der Waals surface area contributed by atoms with Crippen LogP contribution in [-0.4, -0.2) is 7.11 Å². The number of methoxy groups -OCH3 is 1. The molecule has 0 amide bonds. The molecule has 0 radical (unpaired) electrons. The van der Waals surface area contributed by atoms with Crippen LogP contribution in [0, 0.1) is 0 Å². The molecule has 0 aromatic heterocycles. The lowest BCUT2D eigenvalue weighted by Gasteiger charge is -2.23. The lowest BCUT2D eigenvalue weighted by Crippen LogP contribution is -2.06. The highest BCUT2D eigenvalue weighted by molar-refractivity contribution is 5.92. The third kappa shape index (κ3) is 2.10. The van der Waals surface area contributed by atoms with E-state index >= 15 is 0 Å². The third-order valence-corrected chi connectivity index (χ3v) is 4.55. The zero-order chi connectivity index (χ0) is 14.9. The van der Waals surface area contributed by atoms with Gasteiger partial charge in [0.05, 0.1) is 7.11 Å². The minimum atomic E-state index is 0.426. The van der Waals surface area contributed by atoms with E-state index in [0.29, 0.717) is 5.92 Å². The van der Waals surface area contributed by atoms with Crippen LogP contribution in [0.3, 0.4) is 0 Å². The average molecular weight is 286 g/mol. The van der Waals surface area contributed by atoms with Crippen molar-refractivity contribution in [2.45, 2.75) is 12.3 Å². The summed E-state index contributed by atoms with van der Waals surface area (Å²) in [5.74, 6) is 1.34. The van der Waals surface area contributed by atoms with E-state index in [2.05, 4.69) is 60.7 Å². The number of fused-ring (bicyclic) bond motifs is 3. The van der Waals surface area contributed by atoms with Crippen molar-refractivity contribution in [3.63, 3.8) is 0 Å². The second-order valence-corrected chi connectivity index (χ2v) is 5.75. The van der Waals surface area contributed by atoms with Gasteiger partial charge in [-0.2, -0.15) is 0 Å². The summed E-state index contributed by atoms with van der Waals surface area (Å²) in [4.78, 5) is 0. The van der Waals surface area contributed by atoms with E-state index in [9.17, 15) is 0 Å². The Kier molecular flexibility index (Phi) is 3.19. The summed E-state index contributed by atoms with van der Waals surface area (Å²) in [7, 11) is 1.71. The number of rotatable bonds is 2. The van der Waals surface area contributed by atoms with Crippen molar-refractivity contribution in [1.82, 2.24) is 0 Å². The first-order valence-corrected chi connectivity index (χ1v) is 7.69. The van der Waals surface area contributed by atoms with E-state index < -0.39 is 0 Å². The first kappa shape index (κ1) is 13.1. The fraction of sp³-hybridized carbons (Fsp3) is 0.143. The van der Waals surface area contributed by atoms with Crippen LogP contribution in [0.2, 0.25) is 0 Å². The van der Waals surface area contributed by atoms with Crippen molar-refractivity contribution >= 4 is 16.8 Å². The summed E-state index contributed by atoms with van der Waals surface area (Å²) >= 11 is 0. The SMILES string of the molecule is COc1ccc(C2CC=Cc3c2ccc2ccccc32)cc1. The molecule has 0 bridgehead atoms. The Balaban J connectivity index is 1.85. The number of ether oxygens (including phenoxy) is 1. The molecule has 3 aromatic rings. The highest BCUT2D eigenvalue weighted by atomic mass is 16.5. The smallest absolute Gasteiger partial charge is 0.118 e. The zero-order valence-corrected chi connectivity index (χ0v) is 12.6. The maximum atomic E-state index is 5.27. The van der Waals surface area contributed by atoms with Gasteiger partial charge in [-0.1, -0.05) is 60.7 Å². The summed E-state index contributed by atoms with van der Waals surface area (Å²) in [6.07, 6.45) is 5.62. The molecule has 0 saturated carbocycles. The maximum absolute atomic E-state index is 5.27. The molecule has 0 fully saturated rings. The molecule has 0 saturated heterocycles. The van der Waals surface area contributed by atoms with Gasteiger partial charge in [-0.3, -0.25) is 0 Å². The van der Waals surface area contributed by atoms with Crippen LogP contribution < -0.4 is 4.74 Å². The Morgan fingerprint density at radius 3 is 2.55 bits per heavy atom. The molecule has 1 unspecified atom stereocenters. The molecule has 0 N–H and O–H groups in total. The fourth-order valence-electron chi connectivity index (χ4n) is 3.40. The van der Waals surface area contributed by atoms with Crippen molar-refractivity contribution in [3.05, 3.63) is 83.4 Å². The number of benzene rings is 3. The standard InChI is InChI=1S/C21H18O/c1-22-17-12-9-16(10-13-17)19-7-4-8-20-18-6-3-2-5-15(18)11-14-21(19)20/h2-6,8-14,19H,7H2,1H3. The van der Waals surface area contributed by atoms with Crippen molar-refractivity contribution in [2.24, 2.45) is 0 Å². The van der Waals surface area contributed by atoms with Crippen LogP contribution >= 0.6 is 0 Å². The molecule has 1 heteroatoms. The first-order valence-electron chi connectivity index (χ1n) is 7.69. The second-order valence-electron chi connectivity index (χ2n) is 5.75. The minimum Gasteiger partial charge on any atom is -0.497 e. The first-order chi connectivity index (χ1) is 10.9. The van der Waals surface area contributed by atoms with E-state index in [1.165, 1.54) is 27.5 Å². The molecule has 108 valence electrons. The normalized spacial score (nSPS) is 16.5. The predicted molar refractivity (Wildman–Crippen MR) is 92.4 cm³/mol. The number of hydrogen-bond acceptors (Lipinski definition) is 1. The van der Waals surface area contributed by atoms with Crippen LogP contribution in [0.15, 0.2) is 66.7 Å². The molecule has 1 aliphatic carbocycles. The number of allylic oxidation sites excluding steroid dienone is 1. The van der Waals surface area contributed by atoms with Gasteiger partial charge in [0.2, 0.25) is 0 Å². The minimum absolute atomic E-state index is 0.426. The molecule has 0 spiro atoms. The van der Waals surface area contributed by atoms with Crippen LogP contribution in [0.4, 0.5) is 0 Å². The quantitative estimate of drug-likeness (QED) is 0.613. The average Bonchev–Trinajstić information content (AvgIpc) is 2.61. The van der Waals surface area contributed by atoms with Gasteiger partial charge in [-0.25, -0.2) is 0 Å². The predicted octanol–water partition coefficient (Wildman–Crippen LogP) is 5.40. The van der Waals surface area contributed by atoms with E-state index in [1.54, 1.807) is 7.11 Å².